The molecule has 0 atom stereocenters. The number of benzene rings is 2. The Bertz CT molecular complexity index is 753. The fourth-order valence-corrected chi connectivity index (χ4v) is 4.13. The summed E-state index contributed by atoms with van der Waals surface area (Å²) in [7, 11) is 0. The minimum absolute atomic E-state index is 0.725. The second-order valence-corrected chi connectivity index (χ2v) is 8.21. The van der Waals surface area contributed by atoms with Crippen LogP contribution in [0.25, 0.3) is 0 Å². The van der Waals surface area contributed by atoms with Crippen molar-refractivity contribution < 1.29 is 4.74 Å². The van der Waals surface area contributed by atoms with Crippen molar-refractivity contribution in [3.05, 3.63) is 65.2 Å². The van der Waals surface area contributed by atoms with Gasteiger partial charge in [0.05, 0.1) is 6.61 Å². The number of hydrogen-bond donors (Lipinski definition) is 0. The van der Waals surface area contributed by atoms with E-state index in [0.717, 1.165) is 41.7 Å². The lowest BCUT2D eigenvalue weighted by molar-refractivity contribution is 0.178. The molecule has 0 unspecified atom stereocenters. The standard InChI is InChI=1S/C27H34O/c1-3-5-22-7-9-24(10-8-22)11-12-25-17-19-27(20-18-25)28-21-26-15-13-23(6-4-2)14-16-26/h7-10,17-20,23,26H,3-6,13-16,21H2,1-2H3. The Labute approximate surface area is 171 Å². The molecule has 2 aromatic rings. The number of rotatable bonds is 7. The van der Waals surface area contributed by atoms with E-state index in [-0.39, 0.29) is 0 Å². The van der Waals surface area contributed by atoms with E-state index in [2.05, 4.69) is 74.2 Å². The molecular weight excluding hydrogens is 340 g/mol. The van der Waals surface area contributed by atoms with E-state index in [1.807, 2.05) is 0 Å². The molecule has 0 spiro atoms. The molecule has 0 bridgehead atoms. The van der Waals surface area contributed by atoms with Crippen LogP contribution in [0.5, 0.6) is 5.75 Å². The van der Waals surface area contributed by atoms with Crippen LogP contribution in [0.15, 0.2) is 48.5 Å². The van der Waals surface area contributed by atoms with Crippen LogP contribution in [-0.4, -0.2) is 6.61 Å². The fraction of sp³-hybridized carbons (Fsp3) is 0.481. The van der Waals surface area contributed by atoms with Crippen molar-refractivity contribution in [1.29, 1.82) is 0 Å². The monoisotopic (exact) mass is 374 g/mol. The molecule has 1 nitrogen and oxygen atoms in total. The highest BCUT2D eigenvalue weighted by molar-refractivity contribution is 5.44. The van der Waals surface area contributed by atoms with Crippen molar-refractivity contribution in [3.63, 3.8) is 0 Å². The zero-order valence-corrected chi connectivity index (χ0v) is 17.5. The summed E-state index contributed by atoms with van der Waals surface area (Å²) in [6, 6.07) is 16.8. The molecule has 1 fully saturated rings. The molecule has 1 aliphatic carbocycles. The Morgan fingerprint density at radius 2 is 1.32 bits per heavy atom. The topological polar surface area (TPSA) is 9.23 Å². The third kappa shape index (κ3) is 6.45. The smallest absolute Gasteiger partial charge is 0.119 e. The van der Waals surface area contributed by atoms with Gasteiger partial charge in [0.2, 0.25) is 0 Å². The maximum atomic E-state index is 6.05. The van der Waals surface area contributed by atoms with E-state index in [1.165, 1.54) is 50.5 Å². The maximum absolute atomic E-state index is 6.05. The molecule has 2 aromatic carbocycles. The first-order valence-corrected chi connectivity index (χ1v) is 11.1. The lowest BCUT2D eigenvalue weighted by Gasteiger charge is -2.28. The average molecular weight is 375 g/mol. The molecule has 1 aliphatic rings. The molecule has 1 saturated carbocycles. The normalized spacial score (nSPS) is 18.9. The van der Waals surface area contributed by atoms with Crippen LogP contribution in [0, 0.1) is 23.7 Å². The Balaban J connectivity index is 1.46. The molecular formula is C27H34O. The highest BCUT2D eigenvalue weighted by Gasteiger charge is 2.20. The van der Waals surface area contributed by atoms with Crippen molar-refractivity contribution in [2.75, 3.05) is 6.61 Å². The highest BCUT2D eigenvalue weighted by atomic mass is 16.5. The van der Waals surface area contributed by atoms with Crippen LogP contribution in [0.4, 0.5) is 0 Å². The van der Waals surface area contributed by atoms with E-state index in [0.29, 0.717) is 0 Å². The largest absolute Gasteiger partial charge is 0.493 e. The minimum Gasteiger partial charge on any atom is -0.493 e. The van der Waals surface area contributed by atoms with Gasteiger partial charge in [-0.05, 0) is 73.1 Å². The quantitative estimate of drug-likeness (QED) is 0.473. The molecule has 0 amide bonds. The summed E-state index contributed by atoms with van der Waals surface area (Å²) in [6.45, 7) is 5.36. The van der Waals surface area contributed by atoms with Crippen LogP contribution in [0.1, 0.15) is 75.5 Å². The van der Waals surface area contributed by atoms with Crippen molar-refractivity contribution in [2.24, 2.45) is 11.8 Å². The van der Waals surface area contributed by atoms with Gasteiger partial charge in [0.25, 0.3) is 0 Å². The zero-order chi connectivity index (χ0) is 19.6. The summed E-state index contributed by atoms with van der Waals surface area (Å²) in [5, 5.41) is 0. The van der Waals surface area contributed by atoms with E-state index in [1.54, 1.807) is 0 Å². The minimum atomic E-state index is 0.725. The van der Waals surface area contributed by atoms with Crippen molar-refractivity contribution in [3.8, 4) is 17.6 Å². The molecule has 0 aliphatic heterocycles. The summed E-state index contributed by atoms with van der Waals surface area (Å²) < 4.78 is 6.05. The highest BCUT2D eigenvalue weighted by Crippen LogP contribution is 2.31. The zero-order valence-electron chi connectivity index (χ0n) is 17.5. The molecule has 0 N–H and O–H groups in total. The lowest BCUT2D eigenvalue weighted by Crippen LogP contribution is -2.20. The lowest BCUT2D eigenvalue weighted by atomic mass is 9.80. The molecule has 0 aromatic heterocycles. The first-order chi connectivity index (χ1) is 13.8. The van der Waals surface area contributed by atoms with Gasteiger partial charge in [-0.1, -0.05) is 69.9 Å². The first-order valence-electron chi connectivity index (χ1n) is 11.1. The van der Waals surface area contributed by atoms with Crippen molar-refractivity contribution in [1.82, 2.24) is 0 Å². The number of ether oxygens (including phenoxy) is 1. The van der Waals surface area contributed by atoms with Gasteiger partial charge in [0.1, 0.15) is 5.75 Å². The van der Waals surface area contributed by atoms with E-state index in [9.17, 15) is 0 Å². The van der Waals surface area contributed by atoms with Crippen LogP contribution in [0.3, 0.4) is 0 Å². The van der Waals surface area contributed by atoms with Crippen molar-refractivity contribution in [2.45, 2.75) is 65.2 Å². The molecule has 148 valence electrons. The number of hydrogen-bond acceptors (Lipinski definition) is 1. The third-order valence-corrected chi connectivity index (χ3v) is 5.85. The van der Waals surface area contributed by atoms with Gasteiger partial charge in [0, 0.05) is 11.1 Å². The predicted octanol–water partition coefficient (Wildman–Crippen LogP) is 7.02. The Morgan fingerprint density at radius 3 is 1.89 bits per heavy atom. The van der Waals surface area contributed by atoms with E-state index >= 15 is 0 Å². The van der Waals surface area contributed by atoms with Gasteiger partial charge in [-0.2, -0.15) is 0 Å². The van der Waals surface area contributed by atoms with Crippen molar-refractivity contribution >= 4 is 0 Å². The molecule has 3 rings (SSSR count). The van der Waals surface area contributed by atoms with Gasteiger partial charge >= 0.3 is 0 Å². The summed E-state index contributed by atoms with van der Waals surface area (Å²) in [5.41, 5.74) is 3.48. The second-order valence-electron chi connectivity index (χ2n) is 8.21. The summed E-state index contributed by atoms with van der Waals surface area (Å²) >= 11 is 0. The van der Waals surface area contributed by atoms with Gasteiger partial charge in [0.15, 0.2) is 0 Å². The number of aryl methyl sites for hydroxylation is 1. The summed E-state index contributed by atoms with van der Waals surface area (Å²) in [6.07, 6.45) is 10.5. The Morgan fingerprint density at radius 1 is 0.750 bits per heavy atom. The van der Waals surface area contributed by atoms with Crippen LogP contribution in [-0.2, 0) is 6.42 Å². The second kappa shape index (κ2) is 11.0. The Kier molecular flexibility index (Phi) is 8.04. The molecule has 0 saturated heterocycles. The van der Waals surface area contributed by atoms with Gasteiger partial charge in [-0.3, -0.25) is 0 Å². The molecule has 0 radical (unpaired) electrons. The van der Waals surface area contributed by atoms with Crippen LogP contribution in [0.2, 0.25) is 0 Å². The first kappa shape index (κ1) is 20.5. The maximum Gasteiger partial charge on any atom is 0.119 e. The molecule has 28 heavy (non-hydrogen) atoms. The van der Waals surface area contributed by atoms with Gasteiger partial charge < -0.3 is 4.74 Å². The van der Waals surface area contributed by atoms with E-state index in [4.69, 9.17) is 4.74 Å². The average Bonchev–Trinajstić information content (AvgIpc) is 2.74. The van der Waals surface area contributed by atoms with Gasteiger partial charge in [-0.25, -0.2) is 0 Å². The summed E-state index contributed by atoms with van der Waals surface area (Å²) in [4.78, 5) is 0. The third-order valence-electron chi connectivity index (χ3n) is 5.85. The van der Waals surface area contributed by atoms with Crippen LogP contribution >= 0.6 is 0 Å². The van der Waals surface area contributed by atoms with Gasteiger partial charge in [-0.15, -0.1) is 0 Å². The Hall–Kier alpha value is -2.20. The van der Waals surface area contributed by atoms with E-state index < -0.39 is 0 Å². The predicted molar refractivity (Wildman–Crippen MR) is 119 cm³/mol. The van der Waals surface area contributed by atoms with Crippen LogP contribution < -0.4 is 4.74 Å². The SMILES string of the molecule is CCCc1ccc(C#Cc2ccc(OCC3CCC(CCC)CC3)cc2)cc1. The summed E-state index contributed by atoms with van der Waals surface area (Å²) in [5.74, 6) is 9.16. The molecule has 1 heteroatoms. The molecule has 0 heterocycles. The fourth-order valence-electron chi connectivity index (χ4n) is 4.13.